The molecule has 0 nitrogen and oxygen atoms in total. The molecule has 1 aromatic carbocycles. The van der Waals surface area contributed by atoms with Crippen LogP contribution in [0.25, 0.3) is 6.08 Å². The predicted octanol–water partition coefficient (Wildman–Crippen LogP) is 6.87. The molecule has 1 aliphatic heterocycles. The standard InChI is InChI=1S/C25H37Si3/c1-26(2)25(27(3,4)28(26,5)6)21-14-18-13-19(15-21)17-24(25,16-18)23-12-8-10-20-9-7-11-22(20)23/h7-8,10-12,18-19H,9,13-17H2,1-6H3. The number of hydrogen-bond donors (Lipinski definition) is 0. The van der Waals surface area contributed by atoms with Gasteiger partial charge in [0.25, 0.3) is 0 Å². The zero-order valence-corrected chi connectivity index (χ0v) is 21.8. The first kappa shape index (κ1) is 18.4. The van der Waals surface area contributed by atoms with Gasteiger partial charge in [-0.15, -0.1) is 0 Å². The number of benzene rings is 1. The molecule has 1 heterocycles. The van der Waals surface area contributed by atoms with Crippen molar-refractivity contribution in [2.75, 3.05) is 0 Å². The van der Waals surface area contributed by atoms with Crippen LogP contribution >= 0.6 is 0 Å². The summed E-state index contributed by atoms with van der Waals surface area (Å²) in [6.45, 7) is 17.1. The van der Waals surface area contributed by atoms with Gasteiger partial charge in [0.2, 0.25) is 0 Å². The Hall–Kier alpha value is -0.389. The second-order valence-electron chi connectivity index (χ2n) is 12.6. The predicted molar refractivity (Wildman–Crippen MR) is 129 cm³/mol. The molecular formula is C25H37Si3. The highest BCUT2D eigenvalue weighted by Crippen LogP contribution is 2.85. The third-order valence-corrected chi connectivity index (χ3v) is 60.8. The fourth-order valence-electron chi connectivity index (χ4n) is 10.4. The molecule has 0 amide bonds. The summed E-state index contributed by atoms with van der Waals surface area (Å²) in [6.07, 6.45) is 13.7. The smallest absolute Gasteiger partial charge is 0.0438 e. The molecule has 0 N–H and O–H groups in total. The minimum Gasteiger partial charge on any atom is -0.0795 e. The van der Waals surface area contributed by atoms with Crippen molar-refractivity contribution in [3.05, 3.63) is 46.9 Å². The van der Waals surface area contributed by atoms with Crippen LogP contribution in [0.3, 0.4) is 0 Å². The van der Waals surface area contributed by atoms with Crippen LogP contribution in [0, 0.1) is 17.8 Å². The fraction of sp³-hybridized carbons (Fsp3) is 0.640. The second kappa shape index (κ2) is 5.08. The van der Waals surface area contributed by atoms with Gasteiger partial charge in [0.1, 0.15) is 0 Å². The van der Waals surface area contributed by atoms with Crippen LogP contribution in [-0.4, -0.2) is 22.3 Å². The van der Waals surface area contributed by atoms with E-state index in [-0.39, 0.29) is 0 Å². The maximum Gasteiger partial charge on any atom is 0.0438 e. The summed E-state index contributed by atoms with van der Waals surface area (Å²) in [4.78, 5) is 0. The molecule has 6 aliphatic rings. The average molecular weight is 422 g/mol. The Morgan fingerprint density at radius 2 is 1.54 bits per heavy atom. The molecule has 1 radical (unpaired) electrons. The molecule has 1 saturated heterocycles. The molecule has 2 atom stereocenters. The highest BCUT2D eigenvalue weighted by molar-refractivity contribution is 7.80. The summed E-state index contributed by atoms with van der Waals surface area (Å²) in [5.74, 6) is 4.12. The maximum absolute atomic E-state index is 2.87. The Bertz CT molecular complexity index is 874. The van der Waals surface area contributed by atoms with Crippen molar-refractivity contribution in [3.63, 3.8) is 0 Å². The molecule has 3 heteroatoms. The lowest BCUT2D eigenvalue weighted by Gasteiger charge is -2.87. The number of allylic oxidation sites excluding steroid dienone is 1. The molecule has 149 valence electrons. The van der Waals surface area contributed by atoms with Crippen molar-refractivity contribution in [2.24, 2.45) is 11.8 Å². The first-order valence-electron chi connectivity index (χ1n) is 11.7. The van der Waals surface area contributed by atoms with E-state index in [1.54, 1.807) is 11.1 Å². The van der Waals surface area contributed by atoms with Gasteiger partial charge in [0.15, 0.2) is 0 Å². The van der Waals surface area contributed by atoms with E-state index in [0.29, 0.717) is 10.1 Å². The second-order valence-corrected chi connectivity index (χ2v) is 40.8. The van der Waals surface area contributed by atoms with E-state index >= 15 is 0 Å². The lowest BCUT2D eigenvalue weighted by Crippen LogP contribution is -2.97. The molecule has 1 aromatic rings. The summed E-state index contributed by atoms with van der Waals surface area (Å²) < 4.78 is 0.682. The van der Waals surface area contributed by atoms with E-state index in [9.17, 15) is 0 Å². The maximum atomic E-state index is 2.87. The number of fused-ring (bicyclic) bond motifs is 1. The van der Waals surface area contributed by atoms with Crippen molar-refractivity contribution in [3.8, 4) is 0 Å². The summed E-state index contributed by atoms with van der Waals surface area (Å²) >= 11 is 0. The van der Waals surface area contributed by atoms with E-state index in [1.807, 2.05) is 5.56 Å². The molecule has 4 bridgehead atoms. The van der Waals surface area contributed by atoms with Crippen molar-refractivity contribution in [1.29, 1.82) is 0 Å². The van der Waals surface area contributed by atoms with Gasteiger partial charge in [-0.05, 0) is 83.0 Å². The quantitative estimate of drug-likeness (QED) is 0.434. The lowest BCUT2D eigenvalue weighted by molar-refractivity contribution is 0.0418. The van der Waals surface area contributed by atoms with E-state index in [2.05, 4.69) is 75.6 Å². The van der Waals surface area contributed by atoms with Crippen LogP contribution in [0.1, 0.15) is 48.8 Å². The van der Waals surface area contributed by atoms with Crippen molar-refractivity contribution in [2.45, 2.75) is 87.9 Å². The molecule has 28 heavy (non-hydrogen) atoms. The van der Waals surface area contributed by atoms with Gasteiger partial charge in [0, 0.05) is 22.3 Å². The van der Waals surface area contributed by atoms with Gasteiger partial charge < -0.3 is 0 Å². The number of hydrogen-bond acceptors (Lipinski definition) is 0. The Labute approximate surface area is 174 Å². The van der Waals surface area contributed by atoms with E-state index in [0.717, 1.165) is 18.3 Å². The zero-order valence-electron chi connectivity index (χ0n) is 18.8. The Kier molecular flexibility index (Phi) is 3.34. The molecule has 0 aromatic heterocycles. The van der Waals surface area contributed by atoms with Crippen LogP contribution < -0.4 is 0 Å². The summed E-state index contributed by atoms with van der Waals surface area (Å²) in [7, 11) is -3.74. The molecule has 1 spiro atoms. The third kappa shape index (κ3) is 1.60. The van der Waals surface area contributed by atoms with E-state index < -0.39 is 22.3 Å². The van der Waals surface area contributed by atoms with Gasteiger partial charge in [-0.1, -0.05) is 69.6 Å². The molecule has 5 aliphatic carbocycles. The molecule has 4 saturated carbocycles. The summed E-state index contributed by atoms with van der Waals surface area (Å²) in [6, 6.07) is 7.43. The largest absolute Gasteiger partial charge is 0.0795 e. The SMILES string of the molecule is C[Si]1(C)C2([C]3CC4CC(C3)CC2(c2cccc3c2C=CC3)C4)[Si](C)(C)[Si]1(C)C. The van der Waals surface area contributed by atoms with Crippen LogP contribution in [0.4, 0.5) is 0 Å². The Morgan fingerprint density at radius 3 is 2.18 bits per heavy atom. The van der Waals surface area contributed by atoms with Gasteiger partial charge in [0.05, 0.1) is 0 Å². The van der Waals surface area contributed by atoms with Crippen LogP contribution in [0.2, 0.25) is 43.9 Å². The first-order valence-corrected chi connectivity index (χ1v) is 22.7. The van der Waals surface area contributed by atoms with Crippen LogP contribution in [0.5, 0.6) is 0 Å². The summed E-state index contributed by atoms with van der Waals surface area (Å²) in [5.41, 5.74) is 5.59. The van der Waals surface area contributed by atoms with E-state index in [1.165, 1.54) is 32.1 Å². The highest BCUT2D eigenvalue weighted by Gasteiger charge is 2.87. The van der Waals surface area contributed by atoms with Crippen molar-refractivity contribution >= 4 is 28.4 Å². The van der Waals surface area contributed by atoms with Crippen molar-refractivity contribution < 1.29 is 0 Å². The Morgan fingerprint density at radius 1 is 0.893 bits per heavy atom. The van der Waals surface area contributed by atoms with Gasteiger partial charge in [-0.2, -0.15) is 0 Å². The summed E-state index contributed by atoms with van der Waals surface area (Å²) in [5, 5.41) is 0. The minimum atomic E-state index is -1.32. The van der Waals surface area contributed by atoms with Gasteiger partial charge in [-0.25, -0.2) is 0 Å². The third-order valence-electron chi connectivity index (χ3n) is 11.6. The lowest BCUT2D eigenvalue weighted by atomic mass is 9.46. The van der Waals surface area contributed by atoms with Gasteiger partial charge in [-0.3, -0.25) is 0 Å². The fourth-order valence-corrected chi connectivity index (χ4v) is 63.5. The molecule has 7 rings (SSSR count). The Balaban J connectivity index is 1.68. The zero-order chi connectivity index (χ0) is 19.7. The monoisotopic (exact) mass is 421 g/mol. The number of rotatable bonds is 1. The van der Waals surface area contributed by atoms with E-state index in [4.69, 9.17) is 0 Å². The van der Waals surface area contributed by atoms with Crippen LogP contribution in [-0.2, 0) is 11.8 Å². The topological polar surface area (TPSA) is 0 Å². The first-order chi connectivity index (χ1) is 13.1. The molecular weight excluding hydrogens is 385 g/mol. The normalized spacial score (nSPS) is 39.9. The minimum absolute atomic E-state index is 0.500. The van der Waals surface area contributed by atoms with Gasteiger partial charge >= 0.3 is 0 Å². The van der Waals surface area contributed by atoms with Crippen molar-refractivity contribution in [1.82, 2.24) is 0 Å². The molecule has 5 fully saturated rings. The molecule has 2 unspecified atom stereocenters. The average Bonchev–Trinajstić information content (AvgIpc) is 3.08. The van der Waals surface area contributed by atoms with Crippen LogP contribution in [0.15, 0.2) is 24.3 Å². The highest BCUT2D eigenvalue weighted by atomic mass is 29.7.